The minimum Gasteiger partial charge on any atom is -0.304 e. The van der Waals surface area contributed by atoms with Gasteiger partial charge in [0, 0.05) is 24.1 Å². The summed E-state index contributed by atoms with van der Waals surface area (Å²) in [5.41, 5.74) is 0. The third kappa shape index (κ3) is 1.67. The van der Waals surface area contributed by atoms with Crippen molar-refractivity contribution >= 4 is 11.8 Å². The first-order valence-corrected chi connectivity index (χ1v) is 4.14. The first-order chi connectivity index (χ1) is 3.79. The van der Waals surface area contributed by atoms with Gasteiger partial charge in [0.1, 0.15) is 0 Å². The van der Waals surface area contributed by atoms with Gasteiger partial charge in [-0.25, -0.2) is 0 Å². The number of thioether (sulfide) groups is 1. The average molecular weight is 131 g/mol. The average Bonchev–Trinajstić information content (AvgIpc) is 1.64. The van der Waals surface area contributed by atoms with E-state index < -0.39 is 0 Å². The molecule has 0 aliphatic carbocycles. The lowest BCUT2D eigenvalue weighted by Gasteiger charge is -2.26. The van der Waals surface area contributed by atoms with E-state index in [1.54, 1.807) is 0 Å². The second kappa shape index (κ2) is 2.74. The van der Waals surface area contributed by atoms with Gasteiger partial charge in [0.15, 0.2) is 0 Å². The second-order valence-corrected chi connectivity index (χ2v) is 3.99. The van der Waals surface area contributed by atoms with Crippen molar-refractivity contribution in [1.29, 1.82) is 0 Å². The molecule has 0 aromatic rings. The van der Waals surface area contributed by atoms with Gasteiger partial charge in [0.25, 0.3) is 0 Å². The Balaban J connectivity index is 2.23. The summed E-state index contributed by atoms with van der Waals surface area (Å²) in [6.07, 6.45) is 0. The molecule has 8 heavy (non-hydrogen) atoms. The zero-order chi connectivity index (χ0) is 5.98. The van der Waals surface area contributed by atoms with E-state index in [0.717, 1.165) is 5.25 Å². The molecule has 0 spiro atoms. The highest BCUT2D eigenvalue weighted by Crippen LogP contribution is 2.15. The normalized spacial score (nSPS) is 33.0. The van der Waals surface area contributed by atoms with Gasteiger partial charge in [-0.2, -0.15) is 11.8 Å². The molecule has 0 amide bonds. The summed E-state index contributed by atoms with van der Waals surface area (Å²) < 4.78 is 0. The Bertz CT molecular complexity index is 66.9. The van der Waals surface area contributed by atoms with Gasteiger partial charge in [-0.15, -0.1) is 0 Å². The summed E-state index contributed by atoms with van der Waals surface area (Å²) >= 11 is 2.08. The molecular weight excluding hydrogens is 118 g/mol. The number of nitrogens with zero attached hydrogens (tertiary/aromatic N) is 1. The fraction of sp³-hybridized carbons (Fsp3) is 1.00. The van der Waals surface area contributed by atoms with Gasteiger partial charge < -0.3 is 4.90 Å². The standard InChI is InChI=1S/C6H13NS/c1-6-5-7(2)3-4-8-6/h6H,3-5H2,1-2H3/t6-/m1/s1. The molecule has 0 unspecified atom stereocenters. The highest BCUT2D eigenvalue weighted by atomic mass is 32.2. The Kier molecular flexibility index (Phi) is 2.20. The van der Waals surface area contributed by atoms with Crippen molar-refractivity contribution < 1.29 is 0 Å². The van der Waals surface area contributed by atoms with Crippen LogP contribution in [0.3, 0.4) is 0 Å². The third-order valence-electron chi connectivity index (χ3n) is 1.44. The Labute approximate surface area is 55.4 Å². The van der Waals surface area contributed by atoms with Gasteiger partial charge in [0.05, 0.1) is 0 Å². The van der Waals surface area contributed by atoms with Gasteiger partial charge in [0.2, 0.25) is 0 Å². The van der Waals surface area contributed by atoms with Gasteiger partial charge in [-0.1, -0.05) is 6.92 Å². The van der Waals surface area contributed by atoms with Gasteiger partial charge >= 0.3 is 0 Å². The molecule has 1 heterocycles. The largest absolute Gasteiger partial charge is 0.304 e. The molecular formula is C6H13NS. The Morgan fingerprint density at radius 2 is 2.38 bits per heavy atom. The first-order valence-electron chi connectivity index (χ1n) is 3.09. The molecule has 0 radical (unpaired) electrons. The summed E-state index contributed by atoms with van der Waals surface area (Å²) in [6, 6.07) is 0. The Hall–Kier alpha value is 0.310. The van der Waals surface area contributed by atoms with E-state index in [2.05, 4.69) is 30.6 Å². The molecule has 1 aliphatic heterocycles. The first kappa shape index (κ1) is 6.43. The van der Waals surface area contributed by atoms with E-state index >= 15 is 0 Å². The van der Waals surface area contributed by atoms with E-state index in [1.165, 1.54) is 18.8 Å². The van der Waals surface area contributed by atoms with Crippen molar-refractivity contribution in [3.05, 3.63) is 0 Å². The van der Waals surface area contributed by atoms with Crippen LogP contribution in [0.1, 0.15) is 6.92 Å². The quantitative estimate of drug-likeness (QED) is 0.483. The van der Waals surface area contributed by atoms with Crippen LogP contribution in [-0.2, 0) is 0 Å². The summed E-state index contributed by atoms with van der Waals surface area (Å²) in [5.74, 6) is 1.32. The van der Waals surface area contributed by atoms with Crippen LogP contribution in [0.5, 0.6) is 0 Å². The number of hydrogen-bond donors (Lipinski definition) is 0. The zero-order valence-corrected chi connectivity index (χ0v) is 6.37. The molecule has 0 aromatic carbocycles. The van der Waals surface area contributed by atoms with Crippen molar-refractivity contribution in [3.8, 4) is 0 Å². The SMILES string of the molecule is C[C@@H]1CN(C)CCS1. The smallest absolute Gasteiger partial charge is 0.0147 e. The van der Waals surface area contributed by atoms with Crippen LogP contribution in [0.25, 0.3) is 0 Å². The van der Waals surface area contributed by atoms with Crippen molar-refractivity contribution in [2.24, 2.45) is 0 Å². The zero-order valence-electron chi connectivity index (χ0n) is 5.55. The van der Waals surface area contributed by atoms with Crippen LogP contribution in [0.15, 0.2) is 0 Å². The van der Waals surface area contributed by atoms with Crippen LogP contribution < -0.4 is 0 Å². The summed E-state index contributed by atoms with van der Waals surface area (Å²) in [6.45, 7) is 4.83. The fourth-order valence-corrected chi connectivity index (χ4v) is 2.17. The van der Waals surface area contributed by atoms with Crippen molar-refractivity contribution in [2.45, 2.75) is 12.2 Å². The van der Waals surface area contributed by atoms with Crippen LogP contribution in [0.2, 0.25) is 0 Å². The molecule has 48 valence electrons. The molecule has 0 N–H and O–H groups in total. The predicted molar refractivity (Wildman–Crippen MR) is 39.4 cm³/mol. The van der Waals surface area contributed by atoms with Gasteiger partial charge in [-0.3, -0.25) is 0 Å². The van der Waals surface area contributed by atoms with Crippen LogP contribution in [0, 0.1) is 0 Å². The van der Waals surface area contributed by atoms with Crippen LogP contribution in [0.4, 0.5) is 0 Å². The molecule has 0 aromatic heterocycles. The van der Waals surface area contributed by atoms with E-state index in [-0.39, 0.29) is 0 Å². The van der Waals surface area contributed by atoms with E-state index in [4.69, 9.17) is 0 Å². The lowest BCUT2D eigenvalue weighted by atomic mass is 10.4. The monoisotopic (exact) mass is 131 g/mol. The van der Waals surface area contributed by atoms with E-state index in [9.17, 15) is 0 Å². The summed E-state index contributed by atoms with van der Waals surface area (Å²) in [7, 11) is 2.19. The minimum absolute atomic E-state index is 0.855. The van der Waals surface area contributed by atoms with Gasteiger partial charge in [-0.05, 0) is 7.05 Å². The van der Waals surface area contributed by atoms with Crippen LogP contribution >= 0.6 is 11.8 Å². The lowest BCUT2D eigenvalue weighted by Crippen LogP contribution is -2.32. The van der Waals surface area contributed by atoms with E-state index in [1.807, 2.05) is 0 Å². The Morgan fingerprint density at radius 3 is 2.75 bits per heavy atom. The van der Waals surface area contributed by atoms with Crippen molar-refractivity contribution in [3.63, 3.8) is 0 Å². The second-order valence-electron chi connectivity index (χ2n) is 2.44. The lowest BCUT2D eigenvalue weighted by molar-refractivity contribution is 0.350. The molecule has 1 atom stereocenters. The predicted octanol–water partition coefficient (Wildman–Crippen LogP) is 1.05. The van der Waals surface area contributed by atoms with Crippen LogP contribution in [-0.4, -0.2) is 36.0 Å². The maximum Gasteiger partial charge on any atom is 0.0147 e. The molecule has 0 bridgehead atoms. The minimum atomic E-state index is 0.855. The van der Waals surface area contributed by atoms with Crippen molar-refractivity contribution in [2.75, 3.05) is 25.9 Å². The molecule has 2 heteroatoms. The van der Waals surface area contributed by atoms with Crippen molar-refractivity contribution in [1.82, 2.24) is 4.90 Å². The Morgan fingerprint density at radius 1 is 1.62 bits per heavy atom. The third-order valence-corrected chi connectivity index (χ3v) is 2.58. The number of hydrogen-bond acceptors (Lipinski definition) is 2. The number of rotatable bonds is 0. The molecule has 1 fully saturated rings. The molecule has 1 aliphatic rings. The summed E-state index contributed by atoms with van der Waals surface area (Å²) in [4.78, 5) is 2.39. The molecule has 1 saturated heterocycles. The highest BCUT2D eigenvalue weighted by Gasteiger charge is 2.11. The topological polar surface area (TPSA) is 3.24 Å². The molecule has 1 rings (SSSR count). The highest BCUT2D eigenvalue weighted by molar-refractivity contribution is 7.99. The fourth-order valence-electron chi connectivity index (χ4n) is 0.993. The molecule has 1 nitrogen and oxygen atoms in total. The maximum absolute atomic E-state index is 2.39. The summed E-state index contributed by atoms with van der Waals surface area (Å²) in [5, 5.41) is 0.855. The van der Waals surface area contributed by atoms with E-state index in [0.29, 0.717) is 0 Å². The maximum atomic E-state index is 2.39. The molecule has 0 saturated carbocycles.